The van der Waals surface area contributed by atoms with Crippen LogP contribution in [0.15, 0.2) is 71.6 Å². The lowest BCUT2D eigenvalue weighted by Gasteiger charge is -2.25. The van der Waals surface area contributed by atoms with E-state index >= 15 is 0 Å². The number of halogens is 1. The first kappa shape index (κ1) is 25.2. The number of amides is 1. The maximum Gasteiger partial charge on any atom is 0.264 e. The van der Waals surface area contributed by atoms with Crippen molar-refractivity contribution in [2.45, 2.75) is 11.4 Å². The number of hydrogen-bond acceptors (Lipinski definition) is 6. The molecule has 0 fully saturated rings. The van der Waals surface area contributed by atoms with Gasteiger partial charge in [-0.3, -0.25) is 9.10 Å². The fraction of sp³-hybridized carbons (Fsp3) is 0.208. The molecule has 0 aliphatic heterocycles. The van der Waals surface area contributed by atoms with Gasteiger partial charge in [-0.2, -0.15) is 0 Å². The highest BCUT2D eigenvalue weighted by molar-refractivity contribution is 7.92. The number of nitrogens with one attached hydrogen (secondary N) is 1. The van der Waals surface area contributed by atoms with Gasteiger partial charge in [-0.15, -0.1) is 0 Å². The summed E-state index contributed by atoms with van der Waals surface area (Å²) in [7, 11) is 0.436. The van der Waals surface area contributed by atoms with Gasteiger partial charge in [0, 0.05) is 6.54 Å². The third-order valence-electron chi connectivity index (χ3n) is 4.95. The number of anilines is 1. The molecule has 3 aromatic rings. The molecule has 10 heteroatoms. The molecule has 0 aliphatic carbocycles. The first-order chi connectivity index (χ1) is 16.3. The zero-order valence-corrected chi connectivity index (χ0v) is 20.5. The predicted molar refractivity (Wildman–Crippen MR) is 130 cm³/mol. The second-order valence-corrected chi connectivity index (χ2v) is 9.36. The summed E-state index contributed by atoms with van der Waals surface area (Å²) >= 11 is 6.29. The standard InChI is InChI=1S/C24H25ClN2O6S/c1-31-21-13-17(14-22(32-2)24(21)33-3)15-26-23(28)16-27(20-12-8-7-11-19(20)25)34(29,30)18-9-5-4-6-10-18/h4-14H,15-16H2,1-3H3,(H,26,28). The highest BCUT2D eigenvalue weighted by atomic mass is 35.5. The molecular formula is C24H25ClN2O6S. The Balaban J connectivity index is 1.86. The summed E-state index contributed by atoms with van der Waals surface area (Å²) < 4.78 is 43.7. The molecule has 34 heavy (non-hydrogen) atoms. The lowest BCUT2D eigenvalue weighted by molar-refractivity contribution is -0.119. The van der Waals surface area contributed by atoms with E-state index in [1.165, 1.54) is 33.5 Å². The molecule has 8 nitrogen and oxygen atoms in total. The minimum Gasteiger partial charge on any atom is -0.493 e. The second-order valence-electron chi connectivity index (χ2n) is 7.09. The zero-order chi connectivity index (χ0) is 24.7. The quantitative estimate of drug-likeness (QED) is 0.450. The van der Waals surface area contributed by atoms with E-state index in [-0.39, 0.29) is 22.2 Å². The van der Waals surface area contributed by atoms with Crippen molar-refractivity contribution in [1.82, 2.24) is 5.32 Å². The number of para-hydroxylation sites is 1. The van der Waals surface area contributed by atoms with E-state index in [1.54, 1.807) is 54.6 Å². The van der Waals surface area contributed by atoms with Crippen molar-refractivity contribution >= 4 is 33.2 Å². The first-order valence-corrected chi connectivity index (χ1v) is 12.0. The van der Waals surface area contributed by atoms with Gasteiger partial charge in [0.2, 0.25) is 11.7 Å². The van der Waals surface area contributed by atoms with Crippen LogP contribution in [0.1, 0.15) is 5.56 Å². The van der Waals surface area contributed by atoms with Gasteiger partial charge in [0.25, 0.3) is 10.0 Å². The molecule has 1 amide bonds. The molecule has 1 N–H and O–H groups in total. The van der Waals surface area contributed by atoms with E-state index in [0.717, 1.165) is 4.31 Å². The Kier molecular flexibility index (Phi) is 8.25. The highest BCUT2D eigenvalue weighted by Gasteiger charge is 2.28. The van der Waals surface area contributed by atoms with Crippen LogP contribution in [0.4, 0.5) is 5.69 Å². The van der Waals surface area contributed by atoms with Crippen LogP contribution >= 0.6 is 11.6 Å². The number of carbonyl (C=O) groups is 1. The van der Waals surface area contributed by atoms with Gasteiger partial charge >= 0.3 is 0 Å². The Morgan fingerprint density at radius 1 is 0.912 bits per heavy atom. The van der Waals surface area contributed by atoms with Crippen molar-refractivity contribution in [3.8, 4) is 17.2 Å². The van der Waals surface area contributed by atoms with Crippen molar-refractivity contribution in [2.24, 2.45) is 0 Å². The minimum absolute atomic E-state index is 0.0485. The van der Waals surface area contributed by atoms with Gasteiger partial charge < -0.3 is 19.5 Å². The van der Waals surface area contributed by atoms with Crippen LogP contribution in [0.5, 0.6) is 17.2 Å². The SMILES string of the molecule is COc1cc(CNC(=O)CN(c2ccccc2Cl)S(=O)(=O)c2ccccc2)cc(OC)c1OC. The molecule has 0 atom stereocenters. The van der Waals surface area contributed by atoms with Gasteiger partial charge in [0.05, 0.1) is 36.9 Å². The van der Waals surface area contributed by atoms with Crippen LogP contribution in [0.2, 0.25) is 5.02 Å². The fourth-order valence-electron chi connectivity index (χ4n) is 3.30. The summed E-state index contributed by atoms with van der Waals surface area (Å²) in [6, 6.07) is 17.7. The molecule has 0 heterocycles. The van der Waals surface area contributed by atoms with E-state index in [1.807, 2.05) is 0 Å². The second kappa shape index (κ2) is 11.1. The number of rotatable bonds is 10. The summed E-state index contributed by atoms with van der Waals surface area (Å²) in [4.78, 5) is 12.9. The topological polar surface area (TPSA) is 94.2 Å². The summed E-state index contributed by atoms with van der Waals surface area (Å²) in [6.07, 6.45) is 0. The van der Waals surface area contributed by atoms with Crippen LogP contribution in [-0.2, 0) is 21.4 Å². The van der Waals surface area contributed by atoms with Crippen molar-refractivity contribution in [3.05, 3.63) is 77.3 Å². The van der Waals surface area contributed by atoms with Crippen LogP contribution in [0, 0.1) is 0 Å². The number of nitrogens with zero attached hydrogens (tertiary/aromatic N) is 1. The number of methoxy groups -OCH3 is 3. The van der Waals surface area contributed by atoms with Crippen molar-refractivity contribution in [2.75, 3.05) is 32.2 Å². The molecule has 0 bridgehead atoms. The molecule has 0 saturated heterocycles. The Morgan fingerprint density at radius 2 is 1.50 bits per heavy atom. The number of sulfonamides is 1. The molecule has 0 aromatic heterocycles. The highest BCUT2D eigenvalue weighted by Crippen LogP contribution is 2.38. The average Bonchev–Trinajstić information content (AvgIpc) is 2.86. The van der Waals surface area contributed by atoms with Gasteiger partial charge in [0.1, 0.15) is 6.54 Å². The summed E-state index contributed by atoms with van der Waals surface area (Å²) in [5, 5.41) is 2.95. The molecule has 0 saturated carbocycles. The molecule has 3 aromatic carbocycles. The molecule has 0 aliphatic rings. The fourth-order valence-corrected chi connectivity index (χ4v) is 5.05. The molecule has 3 rings (SSSR count). The van der Waals surface area contributed by atoms with Crippen LogP contribution < -0.4 is 23.8 Å². The third-order valence-corrected chi connectivity index (χ3v) is 7.05. The summed E-state index contributed by atoms with van der Waals surface area (Å²) in [5.74, 6) is 0.790. The monoisotopic (exact) mass is 504 g/mol. The van der Waals surface area contributed by atoms with Gasteiger partial charge in [-0.1, -0.05) is 41.9 Å². The van der Waals surface area contributed by atoms with E-state index < -0.39 is 22.5 Å². The lowest BCUT2D eigenvalue weighted by Crippen LogP contribution is -2.40. The van der Waals surface area contributed by atoms with E-state index in [2.05, 4.69) is 5.32 Å². The maximum absolute atomic E-state index is 13.4. The van der Waals surface area contributed by atoms with Crippen LogP contribution in [0.3, 0.4) is 0 Å². The normalized spacial score (nSPS) is 10.9. The van der Waals surface area contributed by atoms with Crippen molar-refractivity contribution in [3.63, 3.8) is 0 Å². The average molecular weight is 505 g/mol. The Morgan fingerprint density at radius 3 is 2.06 bits per heavy atom. The number of hydrogen-bond donors (Lipinski definition) is 1. The Bertz CT molecular complexity index is 1230. The summed E-state index contributed by atoms with van der Waals surface area (Å²) in [5.41, 5.74) is 0.883. The smallest absolute Gasteiger partial charge is 0.264 e. The zero-order valence-electron chi connectivity index (χ0n) is 18.9. The predicted octanol–water partition coefficient (Wildman–Crippen LogP) is 3.88. The van der Waals surface area contributed by atoms with Gasteiger partial charge in [0.15, 0.2) is 11.5 Å². The largest absolute Gasteiger partial charge is 0.493 e. The number of carbonyl (C=O) groups excluding carboxylic acids is 1. The minimum atomic E-state index is -4.05. The molecular weight excluding hydrogens is 480 g/mol. The summed E-state index contributed by atoms with van der Waals surface area (Å²) in [6.45, 7) is -0.358. The molecule has 0 spiro atoms. The van der Waals surface area contributed by atoms with Crippen LogP contribution in [0.25, 0.3) is 0 Å². The van der Waals surface area contributed by atoms with Gasteiger partial charge in [-0.05, 0) is 42.0 Å². The maximum atomic E-state index is 13.4. The lowest BCUT2D eigenvalue weighted by atomic mass is 10.1. The van der Waals surface area contributed by atoms with E-state index in [9.17, 15) is 13.2 Å². The van der Waals surface area contributed by atoms with E-state index in [4.69, 9.17) is 25.8 Å². The number of ether oxygens (including phenoxy) is 3. The molecule has 0 unspecified atom stereocenters. The van der Waals surface area contributed by atoms with Gasteiger partial charge in [-0.25, -0.2) is 8.42 Å². The Labute approximate surface area is 204 Å². The van der Waals surface area contributed by atoms with Crippen molar-refractivity contribution < 1.29 is 27.4 Å². The third kappa shape index (κ3) is 5.55. The Hall–Kier alpha value is -3.43. The number of benzene rings is 3. The van der Waals surface area contributed by atoms with E-state index in [0.29, 0.717) is 22.8 Å². The van der Waals surface area contributed by atoms with Crippen LogP contribution in [-0.4, -0.2) is 42.2 Å². The molecule has 180 valence electrons. The molecule has 0 radical (unpaired) electrons. The van der Waals surface area contributed by atoms with Crippen molar-refractivity contribution in [1.29, 1.82) is 0 Å². The first-order valence-electron chi connectivity index (χ1n) is 10.2.